The maximum atomic E-state index is 13.2. The van der Waals surface area contributed by atoms with Crippen molar-refractivity contribution in [3.05, 3.63) is 0 Å². The van der Waals surface area contributed by atoms with Crippen LogP contribution in [0.15, 0.2) is 0 Å². The summed E-state index contributed by atoms with van der Waals surface area (Å²) < 4.78 is 18.7. The first-order valence-electron chi connectivity index (χ1n) is 11.1. The molecule has 2 saturated heterocycles. The molecule has 160 valence electrons. The lowest BCUT2D eigenvalue weighted by atomic mass is 9.53. The second-order valence-corrected chi connectivity index (χ2v) is 11.2. The monoisotopic (exact) mass is 393 g/mol. The van der Waals surface area contributed by atoms with Crippen LogP contribution in [0.25, 0.3) is 0 Å². The lowest BCUT2D eigenvalue weighted by Crippen LogP contribution is -2.62. The Hall–Kier alpha value is -0.745. The molecule has 0 bridgehead atoms. The van der Waals surface area contributed by atoms with E-state index >= 15 is 0 Å². The van der Waals surface area contributed by atoms with Crippen LogP contribution in [0.2, 0.25) is 5.82 Å². The number of amides is 1. The van der Waals surface area contributed by atoms with E-state index in [1.54, 1.807) is 0 Å². The molecule has 0 spiro atoms. The van der Waals surface area contributed by atoms with Crippen molar-refractivity contribution in [2.75, 3.05) is 0 Å². The Labute approximate surface area is 172 Å². The first kappa shape index (κ1) is 22.0. The van der Waals surface area contributed by atoms with Gasteiger partial charge in [0.15, 0.2) is 0 Å². The molecule has 3 aliphatic rings. The molecule has 1 aliphatic carbocycles. The lowest BCUT2D eigenvalue weighted by Gasteiger charge is -2.54. The minimum Gasteiger partial charge on any atom is -0.444 e. The Morgan fingerprint density at radius 1 is 1.04 bits per heavy atom. The van der Waals surface area contributed by atoms with Crippen LogP contribution >= 0.6 is 0 Å². The van der Waals surface area contributed by atoms with Crippen molar-refractivity contribution in [3.63, 3.8) is 0 Å². The highest BCUT2D eigenvalue weighted by Gasteiger charge is 2.60. The normalized spacial score (nSPS) is 37.5. The Kier molecular flexibility index (Phi) is 5.64. The Morgan fingerprint density at radius 3 is 2.11 bits per heavy atom. The SMILES string of the molecule is CC1C2CCCCC2N(C(=O)OC(C)(C)C)C(C)C1B1OC(C)(C)C(C)(C)O1. The molecule has 0 N–H and O–H groups in total. The summed E-state index contributed by atoms with van der Waals surface area (Å²) in [7, 11) is -0.303. The fourth-order valence-corrected chi connectivity index (χ4v) is 5.45. The molecule has 3 fully saturated rings. The van der Waals surface area contributed by atoms with Crippen LogP contribution in [-0.4, -0.2) is 47.0 Å². The third-order valence-electron chi connectivity index (χ3n) is 7.61. The maximum Gasteiger partial charge on any atom is 0.463 e. The second kappa shape index (κ2) is 7.19. The van der Waals surface area contributed by atoms with Crippen molar-refractivity contribution in [2.45, 2.75) is 123 Å². The van der Waals surface area contributed by atoms with E-state index in [1.807, 2.05) is 25.7 Å². The second-order valence-electron chi connectivity index (χ2n) is 11.2. The zero-order valence-corrected chi connectivity index (χ0v) is 19.4. The van der Waals surface area contributed by atoms with Gasteiger partial charge in [0.05, 0.1) is 11.2 Å². The molecule has 0 aromatic rings. The summed E-state index contributed by atoms with van der Waals surface area (Å²) in [6.45, 7) is 18.7. The summed E-state index contributed by atoms with van der Waals surface area (Å²) in [5.41, 5.74) is -1.22. The molecule has 5 unspecified atom stereocenters. The fourth-order valence-electron chi connectivity index (χ4n) is 5.45. The van der Waals surface area contributed by atoms with Crippen LogP contribution in [-0.2, 0) is 14.0 Å². The van der Waals surface area contributed by atoms with Crippen LogP contribution in [0, 0.1) is 11.8 Å². The van der Waals surface area contributed by atoms with E-state index in [4.69, 9.17) is 14.0 Å². The van der Waals surface area contributed by atoms with Gasteiger partial charge in [-0.25, -0.2) is 4.79 Å². The summed E-state index contributed by atoms with van der Waals surface area (Å²) in [6, 6.07) is 0.270. The van der Waals surface area contributed by atoms with Crippen molar-refractivity contribution in [1.29, 1.82) is 0 Å². The van der Waals surface area contributed by atoms with Gasteiger partial charge in [0.1, 0.15) is 5.60 Å². The molecule has 0 aromatic heterocycles. The zero-order chi connectivity index (χ0) is 21.1. The van der Waals surface area contributed by atoms with E-state index in [0.717, 1.165) is 12.8 Å². The fraction of sp³-hybridized carbons (Fsp3) is 0.955. The van der Waals surface area contributed by atoms with Gasteiger partial charge in [-0.1, -0.05) is 19.8 Å². The Morgan fingerprint density at radius 2 is 1.57 bits per heavy atom. The third kappa shape index (κ3) is 3.83. The molecule has 6 heteroatoms. The van der Waals surface area contributed by atoms with E-state index in [0.29, 0.717) is 11.8 Å². The molecule has 2 aliphatic heterocycles. The van der Waals surface area contributed by atoms with Gasteiger partial charge in [-0.2, -0.15) is 0 Å². The largest absolute Gasteiger partial charge is 0.463 e. The van der Waals surface area contributed by atoms with Crippen LogP contribution in [0.4, 0.5) is 4.79 Å². The van der Waals surface area contributed by atoms with Gasteiger partial charge < -0.3 is 18.9 Å². The molecule has 1 amide bonds. The number of hydrogen-bond donors (Lipinski definition) is 0. The van der Waals surface area contributed by atoms with Crippen LogP contribution < -0.4 is 0 Å². The van der Waals surface area contributed by atoms with Crippen molar-refractivity contribution < 1.29 is 18.8 Å². The van der Waals surface area contributed by atoms with Crippen LogP contribution in [0.1, 0.15) is 88.0 Å². The van der Waals surface area contributed by atoms with Gasteiger partial charge in [0, 0.05) is 17.9 Å². The molecular weight excluding hydrogens is 353 g/mol. The molecule has 5 nitrogen and oxygen atoms in total. The molecule has 2 heterocycles. The highest BCUT2D eigenvalue weighted by molar-refractivity contribution is 6.48. The minimum atomic E-state index is -0.496. The van der Waals surface area contributed by atoms with E-state index in [2.05, 4.69) is 41.5 Å². The summed E-state index contributed by atoms with van der Waals surface area (Å²) >= 11 is 0. The molecule has 0 aromatic carbocycles. The molecule has 28 heavy (non-hydrogen) atoms. The number of nitrogens with zero attached hydrogens (tertiary/aromatic N) is 1. The number of fused-ring (bicyclic) bond motifs is 1. The summed E-state index contributed by atoms with van der Waals surface area (Å²) in [5.74, 6) is 1.04. The van der Waals surface area contributed by atoms with Gasteiger partial charge in [-0.3, -0.25) is 0 Å². The smallest absolute Gasteiger partial charge is 0.444 e. The highest BCUT2D eigenvalue weighted by atomic mass is 16.7. The van der Waals surface area contributed by atoms with E-state index in [9.17, 15) is 4.79 Å². The van der Waals surface area contributed by atoms with E-state index < -0.39 is 5.60 Å². The van der Waals surface area contributed by atoms with Gasteiger partial charge in [-0.05, 0) is 80.1 Å². The number of piperidine rings is 1. The van der Waals surface area contributed by atoms with Crippen molar-refractivity contribution >= 4 is 13.2 Å². The number of ether oxygens (including phenoxy) is 1. The predicted molar refractivity (Wildman–Crippen MR) is 112 cm³/mol. The highest BCUT2D eigenvalue weighted by Crippen LogP contribution is 2.51. The van der Waals surface area contributed by atoms with Crippen LogP contribution in [0.3, 0.4) is 0 Å². The molecule has 3 rings (SSSR count). The Bertz CT molecular complexity index is 584. The van der Waals surface area contributed by atoms with Gasteiger partial charge in [0.25, 0.3) is 0 Å². The predicted octanol–water partition coefficient (Wildman–Crippen LogP) is 5.28. The first-order valence-corrected chi connectivity index (χ1v) is 11.1. The van der Waals surface area contributed by atoms with Crippen molar-refractivity contribution in [3.8, 4) is 0 Å². The van der Waals surface area contributed by atoms with Gasteiger partial charge in [0.2, 0.25) is 0 Å². The Balaban J connectivity index is 1.92. The lowest BCUT2D eigenvalue weighted by molar-refractivity contribution is -0.0418. The van der Waals surface area contributed by atoms with Crippen molar-refractivity contribution in [1.82, 2.24) is 4.90 Å². The zero-order valence-electron chi connectivity index (χ0n) is 19.4. The number of hydrogen-bond acceptors (Lipinski definition) is 4. The number of carbonyl (C=O) groups is 1. The summed E-state index contributed by atoms with van der Waals surface area (Å²) in [4.78, 5) is 15.3. The summed E-state index contributed by atoms with van der Waals surface area (Å²) in [6.07, 6.45) is 4.45. The minimum absolute atomic E-state index is 0.0129. The summed E-state index contributed by atoms with van der Waals surface area (Å²) in [5, 5.41) is 0. The number of rotatable bonds is 1. The quantitative estimate of drug-likeness (QED) is 0.569. The average molecular weight is 393 g/mol. The average Bonchev–Trinajstić information content (AvgIpc) is 2.73. The standard InChI is InChI=1S/C22H40BNO4/c1-14-16-12-10-11-13-17(16)24(19(25)26-20(3,4)5)15(2)18(14)23-27-21(6,7)22(8,9)28-23/h14-18H,10-13H2,1-9H3. The molecule has 0 radical (unpaired) electrons. The van der Waals surface area contributed by atoms with Gasteiger partial charge >= 0.3 is 13.2 Å². The third-order valence-corrected chi connectivity index (χ3v) is 7.61. The first-order chi connectivity index (χ1) is 12.8. The molecular formula is C22H40BNO4. The van der Waals surface area contributed by atoms with E-state index in [-0.39, 0.29) is 42.3 Å². The molecule has 1 saturated carbocycles. The van der Waals surface area contributed by atoms with Crippen LogP contribution in [0.5, 0.6) is 0 Å². The maximum absolute atomic E-state index is 13.2. The van der Waals surface area contributed by atoms with Gasteiger partial charge in [-0.15, -0.1) is 0 Å². The number of likely N-dealkylation sites (tertiary alicyclic amines) is 1. The van der Waals surface area contributed by atoms with Crippen molar-refractivity contribution in [2.24, 2.45) is 11.8 Å². The molecule has 5 atom stereocenters. The number of carbonyl (C=O) groups excluding carboxylic acids is 1. The van der Waals surface area contributed by atoms with E-state index in [1.165, 1.54) is 12.8 Å². The topological polar surface area (TPSA) is 48.0 Å².